The first kappa shape index (κ1) is 17.9. The Bertz CT molecular complexity index is 915. The van der Waals surface area contributed by atoms with Crippen LogP contribution in [0.2, 0.25) is 0 Å². The summed E-state index contributed by atoms with van der Waals surface area (Å²) in [4.78, 5) is 29.4. The van der Waals surface area contributed by atoms with Gasteiger partial charge in [0.15, 0.2) is 11.9 Å². The third kappa shape index (κ3) is 3.29. The highest BCUT2D eigenvalue weighted by Crippen LogP contribution is 2.37. The number of aromatic nitrogens is 2. The average Bonchev–Trinajstić information content (AvgIpc) is 3.13. The van der Waals surface area contributed by atoms with E-state index in [1.807, 2.05) is 16.8 Å². The molecule has 2 aromatic rings. The van der Waals surface area contributed by atoms with E-state index >= 15 is 0 Å². The van der Waals surface area contributed by atoms with Gasteiger partial charge < -0.3 is 24.5 Å². The molecule has 0 spiro atoms. The number of alkyl halides is 1. The standard InChI is InChI=1S/C17H17IN4O5/c1-9(15(19)23)27-10-2-3-11-12(6-10)25-5-4-21-7-14(20-16(11)21)22-13(18)8-26-17(22)24/h2-3,6-7,9,13H,4-5,8H2,1H3,(H2,19,23)/t9-,13-/m0/s1. The number of ether oxygens (including phenoxy) is 3. The van der Waals surface area contributed by atoms with Crippen LogP contribution in [0, 0.1) is 0 Å². The smallest absolute Gasteiger partial charge is 0.416 e. The van der Waals surface area contributed by atoms with Gasteiger partial charge in [0.2, 0.25) is 0 Å². The van der Waals surface area contributed by atoms with Crippen LogP contribution in [-0.4, -0.2) is 44.9 Å². The van der Waals surface area contributed by atoms with Crippen molar-refractivity contribution in [2.75, 3.05) is 18.1 Å². The molecule has 2 N–H and O–H groups in total. The first-order chi connectivity index (χ1) is 12.9. The second-order valence-corrected chi connectivity index (χ2v) is 7.60. The van der Waals surface area contributed by atoms with E-state index in [1.54, 1.807) is 19.1 Å². The van der Waals surface area contributed by atoms with Crippen molar-refractivity contribution >= 4 is 40.4 Å². The molecular formula is C17H17IN4O5. The maximum absolute atomic E-state index is 12.0. The van der Waals surface area contributed by atoms with Crippen LogP contribution < -0.4 is 20.1 Å². The largest absolute Gasteiger partial charge is 0.491 e. The number of anilines is 1. The zero-order chi connectivity index (χ0) is 19.1. The zero-order valence-electron chi connectivity index (χ0n) is 14.4. The number of amides is 2. The van der Waals surface area contributed by atoms with Gasteiger partial charge in [0.25, 0.3) is 5.91 Å². The van der Waals surface area contributed by atoms with Gasteiger partial charge in [-0.1, -0.05) is 22.6 Å². The van der Waals surface area contributed by atoms with Gasteiger partial charge in [-0.05, 0) is 19.1 Å². The lowest BCUT2D eigenvalue weighted by molar-refractivity contribution is -0.123. The maximum atomic E-state index is 12.0. The van der Waals surface area contributed by atoms with Crippen molar-refractivity contribution in [1.82, 2.24) is 9.55 Å². The number of hydrogen-bond donors (Lipinski definition) is 1. The van der Waals surface area contributed by atoms with Crippen molar-refractivity contribution < 1.29 is 23.8 Å². The van der Waals surface area contributed by atoms with Crippen LogP contribution in [0.15, 0.2) is 24.4 Å². The number of benzene rings is 1. The molecule has 3 heterocycles. The lowest BCUT2D eigenvalue weighted by Gasteiger charge is -2.14. The van der Waals surface area contributed by atoms with Crippen molar-refractivity contribution in [3.05, 3.63) is 24.4 Å². The highest BCUT2D eigenvalue weighted by Gasteiger charge is 2.35. The topological polar surface area (TPSA) is 109 Å². The summed E-state index contributed by atoms with van der Waals surface area (Å²) >= 11 is 2.15. The van der Waals surface area contributed by atoms with Crippen LogP contribution >= 0.6 is 22.6 Å². The Morgan fingerprint density at radius 1 is 1.44 bits per heavy atom. The summed E-state index contributed by atoms with van der Waals surface area (Å²) in [6.07, 6.45) is 0.679. The number of halogens is 1. The quantitative estimate of drug-likeness (QED) is 0.404. The number of nitrogens with two attached hydrogens (primary N) is 1. The number of cyclic esters (lactones) is 1. The summed E-state index contributed by atoms with van der Waals surface area (Å²) in [5.74, 6) is 1.76. The van der Waals surface area contributed by atoms with Crippen LogP contribution in [0.4, 0.5) is 10.6 Å². The van der Waals surface area contributed by atoms with E-state index in [9.17, 15) is 9.59 Å². The summed E-state index contributed by atoms with van der Waals surface area (Å²) in [6.45, 7) is 2.94. The Balaban J connectivity index is 1.69. The van der Waals surface area contributed by atoms with Gasteiger partial charge in [-0.2, -0.15) is 0 Å². The highest BCUT2D eigenvalue weighted by atomic mass is 127. The van der Waals surface area contributed by atoms with Crippen LogP contribution in [0.5, 0.6) is 11.5 Å². The minimum absolute atomic E-state index is 0.101. The van der Waals surface area contributed by atoms with Crippen molar-refractivity contribution in [2.45, 2.75) is 23.6 Å². The molecular weight excluding hydrogens is 467 g/mol. The molecule has 2 atom stereocenters. The fourth-order valence-corrected chi connectivity index (χ4v) is 3.63. The lowest BCUT2D eigenvalue weighted by Crippen LogP contribution is -2.30. The van der Waals surface area contributed by atoms with Gasteiger partial charge >= 0.3 is 6.09 Å². The molecule has 2 amide bonds. The molecule has 1 aromatic heterocycles. The number of nitrogens with zero attached hydrogens (tertiary/aromatic N) is 3. The van der Waals surface area contributed by atoms with E-state index in [1.165, 1.54) is 4.90 Å². The van der Waals surface area contributed by atoms with Crippen LogP contribution in [0.1, 0.15) is 6.92 Å². The van der Waals surface area contributed by atoms with Crippen LogP contribution in [-0.2, 0) is 16.1 Å². The van der Waals surface area contributed by atoms with Crippen molar-refractivity contribution in [1.29, 1.82) is 0 Å². The molecule has 10 heteroatoms. The summed E-state index contributed by atoms with van der Waals surface area (Å²) < 4.78 is 18.3. The first-order valence-corrected chi connectivity index (χ1v) is 9.59. The van der Waals surface area contributed by atoms with Crippen LogP contribution in [0.3, 0.4) is 0 Å². The first-order valence-electron chi connectivity index (χ1n) is 8.34. The minimum atomic E-state index is -0.746. The Hall–Kier alpha value is -2.50. The van der Waals surface area contributed by atoms with E-state index in [0.717, 1.165) is 5.56 Å². The second-order valence-electron chi connectivity index (χ2n) is 6.17. The number of rotatable bonds is 4. The third-order valence-corrected chi connectivity index (χ3v) is 5.25. The number of fused-ring (bicyclic) bond motifs is 3. The fourth-order valence-electron chi connectivity index (χ4n) is 2.94. The predicted molar refractivity (Wildman–Crippen MR) is 104 cm³/mol. The molecule has 2 aliphatic heterocycles. The third-order valence-electron chi connectivity index (χ3n) is 4.33. The Kier molecular flexibility index (Phi) is 4.58. The predicted octanol–water partition coefficient (Wildman–Crippen LogP) is 1.91. The zero-order valence-corrected chi connectivity index (χ0v) is 16.6. The molecule has 0 aliphatic carbocycles. The molecule has 2 aliphatic rings. The number of imidazole rings is 1. The van der Waals surface area contributed by atoms with E-state index in [4.69, 9.17) is 19.9 Å². The summed E-state index contributed by atoms with van der Waals surface area (Å²) in [6, 6.07) is 5.26. The van der Waals surface area contributed by atoms with Gasteiger partial charge in [-0.3, -0.25) is 4.79 Å². The summed E-state index contributed by atoms with van der Waals surface area (Å²) in [5.41, 5.74) is 6.02. The molecule has 1 fully saturated rings. The minimum Gasteiger partial charge on any atom is -0.491 e. The normalized spacial score (nSPS) is 19.4. The molecule has 0 unspecified atom stereocenters. The van der Waals surface area contributed by atoms with Crippen molar-refractivity contribution in [3.8, 4) is 22.9 Å². The number of carbonyl (C=O) groups is 2. The van der Waals surface area contributed by atoms with Gasteiger partial charge in [-0.15, -0.1) is 0 Å². The van der Waals surface area contributed by atoms with Gasteiger partial charge in [-0.25, -0.2) is 14.7 Å². The Morgan fingerprint density at radius 3 is 2.96 bits per heavy atom. The molecule has 0 saturated carbocycles. The Morgan fingerprint density at radius 2 is 2.26 bits per heavy atom. The summed E-state index contributed by atoms with van der Waals surface area (Å²) in [5, 5.41) is 0. The second kappa shape index (κ2) is 6.91. The highest BCUT2D eigenvalue weighted by molar-refractivity contribution is 14.1. The van der Waals surface area contributed by atoms with E-state index in [0.29, 0.717) is 42.9 Å². The van der Waals surface area contributed by atoms with E-state index in [2.05, 4.69) is 27.6 Å². The SMILES string of the molecule is C[C@H](Oc1ccc2c(c1)OCCn1cc(N3C(=O)OC[C@H]3I)nc1-2)C(N)=O. The molecule has 142 valence electrons. The molecule has 1 aromatic carbocycles. The van der Waals surface area contributed by atoms with Gasteiger partial charge in [0, 0.05) is 12.3 Å². The lowest BCUT2D eigenvalue weighted by atomic mass is 10.1. The monoisotopic (exact) mass is 484 g/mol. The molecule has 9 nitrogen and oxygen atoms in total. The van der Waals surface area contributed by atoms with E-state index in [-0.39, 0.29) is 4.05 Å². The molecule has 0 bridgehead atoms. The van der Waals surface area contributed by atoms with Crippen LogP contribution in [0.25, 0.3) is 11.4 Å². The Labute approximate surface area is 168 Å². The maximum Gasteiger partial charge on any atom is 0.416 e. The molecule has 1 saturated heterocycles. The van der Waals surface area contributed by atoms with Gasteiger partial charge in [0.1, 0.15) is 34.6 Å². The number of carbonyl (C=O) groups excluding carboxylic acids is 2. The molecule has 0 radical (unpaired) electrons. The molecule has 27 heavy (non-hydrogen) atoms. The molecule has 4 rings (SSSR count). The van der Waals surface area contributed by atoms with Crippen molar-refractivity contribution in [2.24, 2.45) is 5.73 Å². The van der Waals surface area contributed by atoms with Crippen molar-refractivity contribution in [3.63, 3.8) is 0 Å². The van der Waals surface area contributed by atoms with E-state index < -0.39 is 18.1 Å². The summed E-state index contributed by atoms with van der Waals surface area (Å²) in [7, 11) is 0. The number of hydrogen-bond acceptors (Lipinski definition) is 6. The number of primary amides is 1. The van der Waals surface area contributed by atoms with Gasteiger partial charge in [0.05, 0.1) is 12.1 Å². The fraction of sp³-hybridized carbons (Fsp3) is 0.353. The average molecular weight is 484 g/mol.